The van der Waals surface area contributed by atoms with E-state index in [1.807, 2.05) is 12.1 Å². The van der Waals surface area contributed by atoms with Crippen molar-refractivity contribution in [3.63, 3.8) is 0 Å². The highest BCUT2D eigenvalue weighted by Gasteiger charge is 2.40. The summed E-state index contributed by atoms with van der Waals surface area (Å²) in [6.07, 6.45) is -0.0911. The molecular weight excluding hydrogens is 404 g/mol. The molecule has 0 N–H and O–H groups in total. The van der Waals surface area contributed by atoms with E-state index >= 15 is 0 Å². The van der Waals surface area contributed by atoms with Crippen LogP contribution >= 0.6 is 11.8 Å². The normalized spacial score (nSPS) is 17.7. The topological polar surface area (TPSA) is 93.9 Å². The molecule has 1 amide bonds. The number of anilines is 1. The SMILES string of the molecule is COC(=O)CC1S/C(=N/n2c(C)nc3ccccc3c2=O)N(c2ccccc2)C1=O. The van der Waals surface area contributed by atoms with Gasteiger partial charge in [0.1, 0.15) is 11.1 Å². The molecule has 152 valence electrons. The summed E-state index contributed by atoms with van der Waals surface area (Å²) >= 11 is 1.12. The number of hydrogen-bond donors (Lipinski definition) is 0. The number of carbonyl (C=O) groups excluding carboxylic acids is 2. The lowest BCUT2D eigenvalue weighted by atomic mass is 10.2. The molecule has 1 aliphatic rings. The molecule has 1 saturated heterocycles. The number of thioether (sulfide) groups is 1. The fourth-order valence-electron chi connectivity index (χ4n) is 3.15. The largest absolute Gasteiger partial charge is 0.469 e. The molecule has 1 unspecified atom stereocenters. The van der Waals surface area contributed by atoms with Gasteiger partial charge in [0.15, 0.2) is 5.17 Å². The molecule has 9 heteroatoms. The molecule has 4 rings (SSSR count). The molecule has 30 heavy (non-hydrogen) atoms. The lowest BCUT2D eigenvalue weighted by Gasteiger charge is -2.16. The van der Waals surface area contributed by atoms with Gasteiger partial charge in [-0.2, -0.15) is 4.68 Å². The van der Waals surface area contributed by atoms with Gasteiger partial charge in [0.25, 0.3) is 5.56 Å². The third-order valence-electron chi connectivity index (χ3n) is 4.63. The highest BCUT2D eigenvalue weighted by Crippen LogP contribution is 2.33. The van der Waals surface area contributed by atoms with Gasteiger partial charge in [0.2, 0.25) is 5.91 Å². The van der Waals surface area contributed by atoms with E-state index in [-0.39, 0.29) is 17.9 Å². The summed E-state index contributed by atoms with van der Waals surface area (Å²) < 4.78 is 5.90. The monoisotopic (exact) mass is 422 g/mol. The van der Waals surface area contributed by atoms with Crippen molar-refractivity contribution >= 4 is 45.4 Å². The number of aryl methyl sites for hydroxylation is 1. The number of carbonyl (C=O) groups is 2. The summed E-state index contributed by atoms with van der Waals surface area (Å²) in [4.78, 5) is 43.7. The van der Waals surface area contributed by atoms with Crippen molar-refractivity contribution in [2.24, 2.45) is 5.10 Å². The molecule has 2 aromatic carbocycles. The zero-order valence-corrected chi connectivity index (χ0v) is 17.1. The molecule has 1 fully saturated rings. The minimum atomic E-state index is -0.694. The van der Waals surface area contributed by atoms with Gasteiger partial charge in [-0.15, -0.1) is 5.10 Å². The quantitative estimate of drug-likeness (QED) is 0.600. The summed E-state index contributed by atoms with van der Waals surface area (Å²) in [5.41, 5.74) is 0.846. The lowest BCUT2D eigenvalue weighted by molar-refractivity contribution is -0.141. The second-order valence-electron chi connectivity index (χ2n) is 6.57. The number of fused-ring (bicyclic) bond motifs is 1. The Balaban J connectivity index is 1.83. The molecule has 0 bridgehead atoms. The Morgan fingerprint density at radius 3 is 2.57 bits per heavy atom. The minimum absolute atomic E-state index is 0.0911. The number of ether oxygens (including phenoxy) is 1. The summed E-state index contributed by atoms with van der Waals surface area (Å²) in [6.45, 7) is 1.68. The van der Waals surface area contributed by atoms with E-state index in [9.17, 15) is 14.4 Å². The summed E-state index contributed by atoms with van der Waals surface area (Å²) in [5, 5.41) is 4.50. The van der Waals surface area contributed by atoms with Crippen LogP contribution in [-0.2, 0) is 14.3 Å². The van der Waals surface area contributed by atoms with E-state index in [0.717, 1.165) is 11.8 Å². The fraction of sp³-hybridized carbons (Fsp3) is 0.190. The number of nitrogens with zero attached hydrogens (tertiary/aromatic N) is 4. The molecule has 3 aromatic rings. The molecule has 8 nitrogen and oxygen atoms in total. The van der Waals surface area contributed by atoms with Gasteiger partial charge < -0.3 is 4.74 Å². The van der Waals surface area contributed by atoms with E-state index in [2.05, 4.69) is 10.1 Å². The lowest BCUT2D eigenvalue weighted by Crippen LogP contribution is -2.34. The van der Waals surface area contributed by atoms with Gasteiger partial charge in [-0.3, -0.25) is 19.3 Å². The minimum Gasteiger partial charge on any atom is -0.469 e. The molecule has 1 atom stereocenters. The number of benzene rings is 2. The first-order chi connectivity index (χ1) is 14.5. The number of amides is 1. The van der Waals surface area contributed by atoms with Gasteiger partial charge >= 0.3 is 5.97 Å². The average Bonchev–Trinajstić information content (AvgIpc) is 3.06. The van der Waals surface area contributed by atoms with Gasteiger partial charge in [-0.25, -0.2) is 4.98 Å². The Kier molecular flexibility index (Phi) is 5.37. The standard InChI is InChI=1S/C21H18N4O4S/c1-13-22-16-11-7-6-10-15(16)19(27)25(13)23-21-24(14-8-4-3-5-9-14)20(28)17(30-21)12-18(26)29-2/h3-11,17H,12H2,1-2H3/b23-21+. The van der Waals surface area contributed by atoms with E-state index in [4.69, 9.17) is 4.74 Å². The van der Waals surface area contributed by atoms with Crippen molar-refractivity contribution in [3.8, 4) is 0 Å². The molecule has 0 saturated carbocycles. The smallest absolute Gasteiger partial charge is 0.307 e. The number of methoxy groups -OCH3 is 1. The zero-order chi connectivity index (χ0) is 21.3. The Hall–Kier alpha value is -3.46. The predicted octanol–water partition coefficient (Wildman–Crippen LogP) is 2.54. The molecular formula is C21H18N4O4S. The Morgan fingerprint density at radius 2 is 1.83 bits per heavy atom. The predicted molar refractivity (Wildman–Crippen MR) is 116 cm³/mol. The number of esters is 1. The first kappa shape index (κ1) is 19.8. The van der Waals surface area contributed by atoms with E-state index in [1.54, 1.807) is 49.4 Å². The van der Waals surface area contributed by atoms with Crippen LogP contribution in [-0.4, -0.2) is 39.1 Å². The highest BCUT2D eigenvalue weighted by molar-refractivity contribution is 8.16. The van der Waals surface area contributed by atoms with Crippen LogP contribution in [0.2, 0.25) is 0 Å². The summed E-state index contributed by atoms with van der Waals surface area (Å²) in [5.74, 6) is -0.394. The second kappa shape index (κ2) is 8.11. The molecule has 2 heterocycles. The Bertz CT molecular complexity index is 1220. The van der Waals surface area contributed by atoms with Crippen molar-refractivity contribution in [3.05, 3.63) is 70.8 Å². The third kappa shape index (κ3) is 3.59. The van der Waals surface area contributed by atoms with Crippen LogP contribution in [0, 0.1) is 6.92 Å². The third-order valence-corrected chi connectivity index (χ3v) is 5.76. The zero-order valence-electron chi connectivity index (χ0n) is 16.3. The van der Waals surface area contributed by atoms with E-state index < -0.39 is 11.2 Å². The van der Waals surface area contributed by atoms with Crippen LogP contribution in [0.4, 0.5) is 5.69 Å². The van der Waals surface area contributed by atoms with Crippen molar-refractivity contribution < 1.29 is 14.3 Å². The number of rotatable bonds is 4. The van der Waals surface area contributed by atoms with Crippen LogP contribution in [0.1, 0.15) is 12.2 Å². The molecule has 1 aliphatic heterocycles. The molecule has 1 aromatic heterocycles. The van der Waals surface area contributed by atoms with Gasteiger partial charge in [0, 0.05) is 0 Å². The van der Waals surface area contributed by atoms with Gasteiger partial charge in [-0.1, -0.05) is 42.1 Å². The number of para-hydroxylation sites is 2. The van der Waals surface area contributed by atoms with Crippen molar-refractivity contribution in [1.82, 2.24) is 9.66 Å². The second-order valence-corrected chi connectivity index (χ2v) is 7.74. The number of amidine groups is 1. The highest BCUT2D eigenvalue weighted by atomic mass is 32.2. The maximum Gasteiger partial charge on any atom is 0.307 e. The fourth-order valence-corrected chi connectivity index (χ4v) is 4.26. The van der Waals surface area contributed by atoms with Crippen LogP contribution in [0.25, 0.3) is 10.9 Å². The van der Waals surface area contributed by atoms with Crippen LogP contribution in [0.3, 0.4) is 0 Å². The van der Waals surface area contributed by atoms with Crippen LogP contribution < -0.4 is 10.5 Å². The Labute approximate surface area is 176 Å². The Morgan fingerprint density at radius 1 is 1.13 bits per heavy atom. The number of hydrogen-bond acceptors (Lipinski definition) is 7. The molecule has 0 aliphatic carbocycles. The van der Waals surface area contributed by atoms with Crippen molar-refractivity contribution in [2.45, 2.75) is 18.6 Å². The van der Waals surface area contributed by atoms with Crippen LogP contribution in [0.15, 0.2) is 64.5 Å². The first-order valence-corrected chi connectivity index (χ1v) is 10.1. The molecule has 0 spiro atoms. The maximum absolute atomic E-state index is 13.1. The van der Waals surface area contributed by atoms with Gasteiger partial charge in [-0.05, 0) is 31.2 Å². The first-order valence-electron chi connectivity index (χ1n) is 9.19. The maximum atomic E-state index is 13.1. The van der Waals surface area contributed by atoms with Gasteiger partial charge in [0.05, 0.1) is 30.1 Å². The van der Waals surface area contributed by atoms with Crippen LogP contribution in [0.5, 0.6) is 0 Å². The van der Waals surface area contributed by atoms with E-state index in [1.165, 1.54) is 16.7 Å². The summed E-state index contributed by atoms with van der Waals surface area (Å²) in [7, 11) is 1.28. The van der Waals surface area contributed by atoms with Crippen molar-refractivity contribution in [1.29, 1.82) is 0 Å². The van der Waals surface area contributed by atoms with E-state index in [0.29, 0.717) is 27.6 Å². The van der Waals surface area contributed by atoms with Crippen molar-refractivity contribution in [2.75, 3.05) is 12.0 Å². The average molecular weight is 422 g/mol. The summed E-state index contributed by atoms with van der Waals surface area (Å²) in [6, 6.07) is 16.0. The number of aromatic nitrogens is 2. The molecule has 0 radical (unpaired) electrons.